The Balaban J connectivity index is 2.95. The Bertz CT molecular complexity index is 568. The zero-order chi connectivity index (χ0) is 15.3. The molecular weight excluding hydrogens is 281 g/mol. The Morgan fingerprint density at radius 3 is 2.40 bits per heavy atom. The van der Waals surface area contributed by atoms with Gasteiger partial charge in [-0.15, -0.1) is 0 Å². The molecule has 1 aromatic rings. The molecule has 20 heavy (non-hydrogen) atoms. The largest absolute Gasteiger partial charge is 0.352 e. The van der Waals surface area contributed by atoms with Gasteiger partial charge in [-0.3, -0.25) is 4.79 Å². The lowest BCUT2D eigenvalue weighted by Crippen LogP contribution is -2.43. The van der Waals surface area contributed by atoms with Crippen LogP contribution in [-0.4, -0.2) is 25.6 Å². The highest BCUT2D eigenvalue weighted by Gasteiger charge is 2.30. The normalized spacial score (nSPS) is 13.2. The maximum absolute atomic E-state index is 13.1. The fraction of sp³-hybridized carbons (Fsp3) is 0.500. The first-order valence-corrected chi connectivity index (χ1v) is 8.17. The molecule has 0 aliphatic carbocycles. The third-order valence-electron chi connectivity index (χ3n) is 3.29. The predicted molar refractivity (Wildman–Crippen MR) is 75.6 cm³/mol. The molecule has 1 N–H and O–H groups in total. The summed E-state index contributed by atoms with van der Waals surface area (Å²) >= 11 is 0. The number of hydrogen-bond donors (Lipinski definition) is 1. The van der Waals surface area contributed by atoms with Gasteiger partial charge in [0, 0.05) is 6.04 Å². The molecule has 0 radical (unpaired) electrons. The highest BCUT2D eigenvalue weighted by atomic mass is 32.2. The Morgan fingerprint density at radius 2 is 1.90 bits per heavy atom. The Kier molecular flexibility index (Phi) is 5.68. The van der Waals surface area contributed by atoms with Crippen LogP contribution in [0.5, 0.6) is 0 Å². The third-order valence-corrected chi connectivity index (χ3v) is 5.35. The van der Waals surface area contributed by atoms with Crippen molar-refractivity contribution < 1.29 is 17.6 Å². The molecule has 0 heterocycles. The lowest BCUT2D eigenvalue weighted by molar-refractivity contribution is -0.121. The van der Waals surface area contributed by atoms with Crippen molar-refractivity contribution >= 4 is 15.7 Å². The molecule has 1 atom stereocenters. The zero-order valence-electron chi connectivity index (χ0n) is 11.9. The van der Waals surface area contributed by atoms with Gasteiger partial charge in [0.25, 0.3) is 0 Å². The van der Waals surface area contributed by atoms with Gasteiger partial charge in [-0.2, -0.15) is 0 Å². The van der Waals surface area contributed by atoms with Crippen LogP contribution in [0.1, 0.15) is 33.6 Å². The first kappa shape index (κ1) is 16.6. The number of halogens is 1. The zero-order valence-corrected chi connectivity index (χ0v) is 12.7. The van der Waals surface area contributed by atoms with Crippen LogP contribution in [0.4, 0.5) is 4.39 Å². The topological polar surface area (TPSA) is 63.2 Å². The van der Waals surface area contributed by atoms with Crippen molar-refractivity contribution in [1.29, 1.82) is 0 Å². The molecule has 0 aliphatic rings. The first-order valence-electron chi connectivity index (χ1n) is 6.62. The lowest BCUT2D eigenvalue weighted by atomic mass is 10.2. The average molecular weight is 301 g/mol. The van der Waals surface area contributed by atoms with Gasteiger partial charge in [0.2, 0.25) is 5.91 Å². The molecule has 0 bridgehead atoms. The molecule has 6 heteroatoms. The summed E-state index contributed by atoms with van der Waals surface area (Å²) in [4.78, 5) is 11.8. The van der Waals surface area contributed by atoms with Crippen LogP contribution in [0.3, 0.4) is 0 Å². The molecule has 0 aromatic heterocycles. The van der Waals surface area contributed by atoms with Crippen molar-refractivity contribution in [3.63, 3.8) is 0 Å². The lowest BCUT2D eigenvalue weighted by Gasteiger charge is -2.18. The molecular formula is C14H20FNO3S. The number of amides is 1. The average Bonchev–Trinajstić information content (AvgIpc) is 2.43. The molecule has 0 spiro atoms. The quantitative estimate of drug-likeness (QED) is 0.877. The standard InChI is InChI=1S/C14H20FNO3S/c1-4-12(5-2)16-14(17)10(3)20(18,19)13-8-6-7-11(15)9-13/h6-10,12H,4-5H2,1-3H3,(H,16,17). The highest BCUT2D eigenvalue weighted by Crippen LogP contribution is 2.17. The molecule has 112 valence electrons. The maximum Gasteiger partial charge on any atom is 0.238 e. The molecule has 0 saturated heterocycles. The van der Waals surface area contributed by atoms with E-state index in [0.29, 0.717) is 0 Å². The second kappa shape index (κ2) is 6.83. The number of carbonyl (C=O) groups excluding carboxylic acids is 1. The van der Waals surface area contributed by atoms with E-state index in [9.17, 15) is 17.6 Å². The van der Waals surface area contributed by atoms with Crippen LogP contribution in [0.15, 0.2) is 29.2 Å². The maximum atomic E-state index is 13.1. The smallest absolute Gasteiger partial charge is 0.238 e. The summed E-state index contributed by atoms with van der Waals surface area (Å²) in [6.45, 7) is 5.15. The highest BCUT2D eigenvalue weighted by molar-refractivity contribution is 7.92. The van der Waals surface area contributed by atoms with Gasteiger partial charge >= 0.3 is 0 Å². The summed E-state index contributed by atoms with van der Waals surface area (Å²) in [7, 11) is -3.87. The van der Waals surface area contributed by atoms with Crippen LogP contribution in [0.25, 0.3) is 0 Å². The van der Waals surface area contributed by atoms with Crippen molar-refractivity contribution in [1.82, 2.24) is 5.32 Å². The van der Waals surface area contributed by atoms with Gasteiger partial charge in [-0.05, 0) is 38.0 Å². The fourth-order valence-electron chi connectivity index (χ4n) is 1.80. The molecule has 1 aromatic carbocycles. The second-order valence-corrected chi connectivity index (χ2v) is 6.94. The summed E-state index contributed by atoms with van der Waals surface area (Å²) in [5.74, 6) is -1.19. The molecule has 1 amide bonds. The number of hydrogen-bond acceptors (Lipinski definition) is 3. The first-order chi connectivity index (χ1) is 9.32. The van der Waals surface area contributed by atoms with Crippen molar-refractivity contribution in [2.75, 3.05) is 0 Å². The van der Waals surface area contributed by atoms with Gasteiger partial charge in [-0.1, -0.05) is 19.9 Å². The van der Waals surface area contributed by atoms with Crippen molar-refractivity contribution in [3.8, 4) is 0 Å². The molecule has 1 unspecified atom stereocenters. The molecule has 1 rings (SSSR count). The monoisotopic (exact) mass is 301 g/mol. The molecule has 4 nitrogen and oxygen atoms in total. The van der Waals surface area contributed by atoms with Crippen LogP contribution >= 0.6 is 0 Å². The van der Waals surface area contributed by atoms with Crippen LogP contribution in [-0.2, 0) is 14.6 Å². The number of sulfone groups is 1. The van der Waals surface area contributed by atoms with Gasteiger partial charge < -0.3 is 5.32 Å². The van der Waals surface area contributed by atoms with Gasteiger partial charge in [0.05, 0.1) is 4.90 Å². The van der Waals surface area contributed by atoms with Crippen LogP contribution < -0.4 is 5.32 Å². The van der Waals surface area contributed by atoms with Crippen molar-refractivity contribution in [3.05, 3.63) is 30.1 Å². The van der Waals surface area contributed by atoms with Gasteiger partial charge in [0.15, 0.2) is 9.84 Å². The minimum absolute atomic E-state index is 0.0485. The van der Waals surface area contributed by atoms with Crippen LogP contribution in [0.2, 0.25) is 0 Å². The molecule has 0 fully saturated rings. The molecule has 0 saturated carbocycles. The van der Waals surface area contributed by atoms with E-state index in [4.69, 9.17) is 0 Å². The van der Waals surface area contributed by atoms with E-state index in [1.165, 1.54) is 19.1 Å². The number of carbonyl (C=O) groups is 1. The van der Waals surface area contributed by atoms with E-state index in [0.717, 1.165) is 25.0 Å². The van der Waals surface area contributed by atoms with E-state index in [1.54, 1.807) is 0 Å². The van der Waals surface area contributed by atoms with Gasteiger partial charge in [0.1, 0.15) is 11.1 Å². The predicted octanol–water partition coefficient (Wildman–Crippen LogP) is 2.29. The minimum Gasteiger partial charge on any atom is -0.352 e. The minimum atomic E-state index is -3.87. The Hall–Kier alpha value is -1.43. The summed E-state index contributed by atoms with van der Waals surface area (Å²) in [5.41, 5.74) is 0. The summed E-state index contributed by atoms with van der Waals surface area (Å²) < 4.78 is 37.6. The van der Waals surface area contributed by atoms with E-state index < -0.39 is 26.8 Å². The number of benzene rings is 1. The second-order valence-electron chi connectivity index (χ2n) is 4.67. The molecule has 0 aliphatic heterocycles. The summed E-state index contributed by atoms with van der Waals surface area (Å²) in [6.07, 6.45) is 1.46. The third kappa shape index (κ3) is 3.79. The van der Waals surface area contributed by atoms with E-state index in [1.807, 2.05) is 13.8 Å². The van der Waals surface area contributed by atoms with Crippen molar-refractivity contribution in [2.24, 2.45) is 0 Å². The Morgan fingerprint density at radius 1 is 1.30 bits per heavy atom. The Labute approximate surface area is 119 Å². The van der Waals surface area contributed by atoms with Crippen molar-refractivity contribution in [2.45, 2.75) is 49.8 Å². The van der Waals surface area contributed by atoms with E-state index in [-0.39, 0.29) is 10.9 Å². The number of rotatable bonds is 6. The summed E-state index contributed by atoms with van der Waals surface area (Å²) in [5, 5.41) is 1.45. The number of nitrogens with one attached hydrogen (secondary N) is 1. The fourth-order valence-corrected chi connectivity index (χ4v) is 3.10. The SMILES string of the molecule is CCC(CC)NC(=O)C(C)S(=O)(=O)c1cccc(F)c1. The van der Waals surface area contributed by atoms with Gasteiger partial charge in [-0.25, -0.2) is 12.8 Å². The van der Waals surface area contributed by atoms with Crippen LogP contribution in [0, 0.1) is 5.82 Å². The summed E-state index contributed by atoms with van der Waals surface area (Å²) in [6, 6.07) is 4.64. The van der Waals surface area contributed by atoms with E-state index >= 15 is 0 Å². The van der Waals surface area contributed by atoms with E-state index in [2.05, 4.69) is 5.32 Å².